The molecule has 4 rings (SSSR count). The topological polar surface area (TPSA) is 100 Å². The van der Waals surface area contributed by atoms with Crippen LogP contribution in [0.3, 0.4) is 0 Å². The lowest BCUT2D eigenvalue weighted by atomic mass is 10.1. The first-order chi connectivity index (χ1) is 16.6. The maximum atomic E-state index is 10.4. The van der Waals surface area contributed by atoms with Gasteiger partial charge in [-0.2, -0.15) is 0 Å². The highest BCUT2D eigenvalue weighted by atomic mass is 16.6. The number of nitrogens with one attached hydrogen (secondary N) is 1. The third-order valence-electron chi connectivity index (χ3n) is 5.73. The van der Waals surface area contributed by atoms with Crippen molar-refractivity contribution in [2.45, 2.75) is 31.8 Å². The Hall–Kier alpha value is -3.10. The first-order valence-electron chi connectivity index (χ1n) is 11.5. The summed E-state index contributed by atoms with van der Waals surface area (Å²) in [6.07, 6.45) is -0.103. The number of phenols is 1. The first kappa shape index (κ1) is 24.0. The molecule has 0 saturated heterocycles. The fourth-order valence-electron chi connectivity index (χ4n) is 3.81. The van der Waals surface area contributed by atoms with Crippen LogP contribution in [0.1, 0.15) is 28.4 Å². The van der Waals surface area contributed by atoms with E-state index in [4.69, 9.17) is 14.2 Å². The number of hydrogen-bond donors (Lipinski definition) is 4. The molecule has 34 heavy (non-hydrogen) atoms. The second-order valence-corrected chi connectivity index (χ2v) is 8.35. The van der Waals surface area contributed by atoms with Gasteiger partial charge in [-0.1, -0.05) is 42.5 Å². The van der Waals surface area contributed by atoms with Crippen molar-refractivity contribution in [2.24, 2.45) is 0 Å². The van der Waals surface area contributed by atoms with Crippen molar-refractivity contribution in [3.05, 3.63) is 89.0 Å². The molecule has 0 fully saturated rings. The number of aliphatic hydroxyl groups is 2. The maximum absolute atomic E-state index is 10.4. The molecule has 0 bridgehead atoms. The molecule has 2 atom stereocenters. The van der Waals surface area contributed by atoms with E-state index >= 15 is 0 Å². The molecule has 4 N–H and O–H groups in total. The van der Waals surface area contributed by atoms with E-state index in [0.717, 1.165) is 29.0 Å². The number of fused-ring (bicyclic) bond motifs is 1. The number of aromatic hydroxyl groups is 1. The van der Waals surface area contributed by atoms with Gasteiger partial charge in [0.25, 0.3) is 0 Å². The average molecular weight is 466 g/mol. The summed E-state index contributed by atoms with van der Waals surface area (Å²) in [7, 11) is 0. The largest absolute Gasteiger partial charge is 0.508 e. The summed E-state index contributed by atoms with van der Waals surface area (Å²) in [4.78, 5) is 0. The minimum Gasteiger partial charge on any atom is -0.508 e. The summed E-state index contributed by atoms with van der Waals surface area (Å²) < 4.78 is 17.7. The molecule has 1 unspecified atom stereocenters. The number of hydrogen-bond acceptors (Lipinski definition) is 7. The van der Waals surface area contributed by atoms with Crippen molar-refractivity contribution in [1.29, 1.82) is 0 Å². The first-order valence-corrected chi connectivity index (χ1v) is 11.5. The highest BCUT2D eigenvalue weighted by Gasteiger charge is 2.21. The molecule has 0 aromatic heterocycles. The quantitative estimate of drug-likeness (QED) is 0.323. The summed E-state index contributed by atoms with van der Waals surface area (Å²) in [6.45, 7) is 2.22. The average Bonchev–Trinajstić information content (AvgIpc) is 2.87. The summed E-state index contributed by atoms with van der Waals surface area (Å²) in [5.41, 5.74) is 3.28. The van der Waals surface area contributed by atoms with Gasteiger partial charge in [0, 0.05) is 12.1 Å². The highest BCUT2D eigenvalue weighted by Crippen LogP contribution is 2.33. The normalized spacial score (nSPS) is 15.8. The van der Waals surface area contributed by atoms with Gasteiger partial charge >= 0.3 is 0 Å². The molecule has 3 aromatic rings. The Morgan fingerprint density at radius 2 is 1.85 bits per heavy atom. The zero-order valence-electron chi connectivity index (χ0n) is 19.0. The molecule has 1 aliphatic rings. The Labute approximate surface area is 199 Å². The van der Waals surface area contributed by atoms with E-state index in [9.17, 15) is 15.3 Å². The highest BCUT2D eigenvalue weighted by molar-refractivity contribution is 5.44. The molecule has 0 spiro atoms. The van der Waals surface area contributed by atoms with Crippen LogP contribution >= 0.6 is 0 Å². The Morgan fingerprint density at radius 1 is 1.00 bits per heavy atom. The predicted octanol–water partition coefficient (Wildman–Crippen LogP) is 3.11. The minimum atomic E-state index is -0.729. The molecule has 7 nitrogen and oxygen atoms in total. The second kappa shape index (κ2) is 11.9. The van der Waals surface area contributed by atoms with E-state index in [0.29, 0.717) is 44.0 Å². The number of benzene rings is 3. The zero-order chi connectivity index (χ0) is 23.8. The van der Waals surface area contributed by atoms with Crippen LogP contribution in [0.15, 0.2) is 66.7 Å². The Kier molecular flexibility index (Phi) is 8.38. The van der Waals surface area contributed by atoms with E-state index in [1.165, 1.54) is 6.07 Å². The maximum Gasteiger partial charge on any atom is 0.161 e. The van der Waals surface area contributed by atoms with Crippen LogP contribution in [-0.4, -0.2) is 47.7 Å². The summed E-state index contributed by atoms with van der Waals surface area (Å²) in [6, 6.07) is 20.7. The van der Waals surface area contributed by atoms with Gasteiger partial charge in [-0.25, -0.2) is 0 Å². The number of rotatable bonds is 11. The van der Waals surface area contributed by atoms with E-state index in [1.54, 1.807) is 12.1 Å². The lowest BCUT2D eigenvalue weighted by Gasteiger charge is -2.26. The van der Waals surface area contributed by atoms with Crippen LogP contribution in [0.2, 0.25) is 0 Å². The van der Waals surface area contributed by atoms with Gasteiger partial charge in [-0.15, -0.1) is 0 Å². The third kappa shape index (κ3) is 6.48. The predicted molar refractivity (Wildman–Crippen MR) is 128 cm³/mol. The molecule has 1 heterocycles. The van der Waals surface area contributed by atoms with Gasteiger partial charge in [-0.05, 0) is 53.9 Å². The van der Waals surface area contributed by atoms with Crippen LogP contribution in [-0.2, 0) is 24.4 Å². The number of aliphatic hydroxyl groups excluding tert-OH is 2. The van der Waals surface area contributed by atoms with Crippen molar-refractivity contribution >= 4 is 0 Å². The fraction of sp³-hybridized carbons (Fsp3) is 0.333. The summed E-state index contributed by atoms with van der Waals surface area (Å²) in [5.74, 6) is 1.48. The SMILES string of the molecule is OCc1cc([C@@H](O)CNCCc2ccc3c(c2)OCC(COCc2ccccc2)O3)ccc1O. The smallest absolute Gasteiger partial charge is 0.161 e. The lowest BCUT2D eigenvalue weighted by Crippen LogP contribution is -2.33. The van der Waals surface area contributed by atoms with E-state index in [-0.39, 0.29) is 18.5 Å². The molecule has 3 aromatic carbocycles. The Morgan fingerprint density at radius 3 is 2.68 bits per heavy atom. The van der Waals surface area contributed by atoms with Gasteiger partial charge in [-0.3, -0.25) is 0 Å². The Balaban J connectivity index is 1.19. The molecular formula is C27H31NO6. The number of ether oxygens (including phenoxy) is 3. The van der Waals surface area contributed by atoms with Gasteiger partial charge in [0.15, 0.2) is 17.6 Å². The van der Waals surface area contributed by atoms with Crippen molar-refractivity contribution in [1.82, 2.24) is 5.32 Å². The molecule has 0 saturated carbocycles. The van der Waals surface area contributed by atoms with Crippen LogP contribution < -0.4 is 14.8 Å². The van der Waals surface area contributed by atoms with Gasteiger partial charge < -0.3 is 34.8 Å². The van der Waals surface area contributed by atoms with E-state index < -0.39 is 6.10 Å². The molecule has 0 aliphatic carbocycles. The molecule has 0 radical (unpaired) electrons. The van der Waals surface area contributed by atoms with Crippen LogP contribution in [0, 0.1) is 0 Å². The van der Waals surface area contributed by atoms with Gasteiger partial charge in [0.05, 0.1) is 25.9 Å². The van der Waals surface area contributed by atoms with Gasteiger partial charge in [0.1, 0.15) is 12.4 Å². The van der Waals surface area contributed by atoms with Crippen LogP contribution in [0.4, 0.5) is 0 Å². The lowest BCUT2D eigenvalue weighted by molar-refractivity contribution is 0.00268. The molecule has 7 heteroatoms. The van der Waals surface area contributed by atoms with E-state index in [2.05, 4.69) is 5.32 Å². The van der Waals surface area contributed by atoms with Crippen molar-refractivity contribution in [3.63, 3.8) is 0 Å². The molecule has 1 aliphatic heterocycles. The summed E-state index contributed by atoms with van der Waals surface area (Å²) >= 11 is 0. The van der Waals surface area contributed by atoms with Crippen LogP contribution in [0.25, 0.3) is 0 Å². The molecule has 180 valence electrons. The van der Waals surface area contributed by atoms with Crippen molar-refractivity contribution in [3.8, 4) is 17.2 Å². The van der Waals surface area contributed by atoms with Crippen molar-refractivity contribution in [2.75, 3.05) is 26.3 Å². The zero-order valence-corrected chi connectivity index (χ0v) is 19.0. The minimum absolute atomic E-state index is 0.0241. The van der Waals surface area contributed by atoms with Crippen molar-refractivity contribution < 1.29 is 29.5 Å². The third-order valence-corrected chi connectivity index (χ3v) is 5.73. The van der Waals surface area contributed by atoms with Gasteiger partial charge in [0.2, 0.25) is 0 Å². The monoisotopic (exact) mass is 465 g/mol. The standard InChI is InChI=1S/C27H31NO6/c29-15-22-13-21(7-8-24(22)30)25(31)14-28-11-10-19-6-9-26-27(12-19)33-18-23(34-26)17-32-16-20-4-2-1-3-5-20/h1-9,12-13,23,25,28-31H,10-11,14-18H2/t23?,25-/m0/s1. The summed E-state index contributed by atoms with van der Waals surface area (Å²) in [5, 5.41) is 32.5. The molecule has 0 amide bonds. The van der Waals surface area contributed by atoms with Crippen LogP contribution in [0.5, 0.6) is 17.2 Å². The Bertz CT molecular complexity index is 1060. The molecular weight excluding hydrogens is 434 g/mol. The second-order valence-electron chi connectivity index (χ2n) is 8.35. The fourth-order valence-corrected chi connectivity index (χ4v) is 3.81. The van der Waals surface area contributed by atoms with E-state index in [1.807, 2.05) is 48.5 Å².